The molecule has 7 nitrogen and oxygen atoms in total. The van der Waals surface area contributed by atoms with Crippen LogP contribution in [0.5, 0.6) is 5.75 Å². The maximum absolute atomic E-state index is 6.28. The third-order valence-electron chi connectivity index (χ3n) is 3.92. The molecule has 0 saturated heterocycles. The summed E-state index contributed by atoms with van der Waals surface area (Å²) < 4.78 is 7.09. The molecule has 0 amide bonds. The smallest absolute Gasteiger partial charge is 0.191 e. The number of aryl methyl sites for hydroxylation is 1. The Morgan fingerprint density at radius 3 is 2.81 bits per heavy atom. The van der Waals surface area contributed by atoms with E-state index in [0.717, 1.165) is 29.4 Å². The van der Waals surface area contributed by atoms with Crippen LogP contribution in [0.3, 0.4) is 0 Å². The highest BCUT2D eigenvalue weighted by Gasteiger charge is 2.06. The van der Waals surface area contributed by atoms with E-state index in [9.17, 15) is 0 Å². The van der Waals surface area contributed by atoms with Crippen LogP contribution in [0.15, 0.2) is 35.8 Å². The molecule has 0 fully saturated rings. The molecule has 8 heteroatoms. The molecule has 2 aromatic rings. The van der Waals surface area contributed by atoms with Crippen LogP contribution in [0.4, 0.5) is 0 Å². The highest BCUT2D eigenvalue weighted by molar-refractivity contribution is 6.31. The maximum Gasteiger partial charge on any atom is 0.191 e. The van der Waals surface area contributed by atoms with Crippen LogP contribution >= 0.6 is 11.6 Å². The van der Waals surface area contributed by atoms with Crippen molar-refractivity contribution in [1.29, 1.82) is 0 Å². The molecular formula is C18H25ClN6O. The van der Waals surface area contributed by atoms with Crippen LogP contribution in [-0.2, 0) is 20.0 Å². The summed E-state index contributed by atoms with van der Waals surface area (Å²) >= 11 is 6.28. The predicted octanol–water partition coefficient (Wildman–Crippen LogP) is 2.25. The van der Waals surface area contributed by atoms with Gasteiger partial charge in [-0.25, -0.2) is 4.99 Å². The number of rotatable bonds is 8. The maximum atomic E-state index is 6.28. The lowest BCUT2D eigenvalue weighted by Crippen LogP contribution is -2.38. The van der Waals surface area contributed by atoms with Gasteiger partial charge in [0.1, 0.15) is 18.1 Å². The summed E-state index contributed by atoms with van der Waals surface area (Å²) in [7, 11) is 3.55. The van der Waals surface area contributed by atoms with Crippen molar-refractivity contribution in [2.24, 2.45) is 12.0 Å². The summed E-state index contributed by atoms with van der Waals surface area (Å²) in [5.41, 5.74) is 1.05. The van der Waals surface area contributed by atoms with E-state index >= 15 is 0 Å². The van der Waals surface area contributed by atoms with Gasteiger partial charge in [0.25, 0.3) is 0 Å². The molecule has 1 aromatic carbocycles. The van der Waals surface area contributed by atoms with Gasteiger partial charge in [-0.3, -0.25) is 0 Å². The first-order valence-corrected chi connectivity index (χ1v) is 8.73. The number of hydrogen-bond acceptors (Lipinski definition) is 4. The summed E-state index contributed by atoms with van der Waals surface area (Å²) in [5, 5.41) is 15.4. The molecule has 0 aliphatic heterocycles. The van der Waals surface area contributed by atoms with Gasteiger partial charge in [0, 0.05) is 25.2 Å². The third kappa shape index (κ3) is 5.49. The second-order valence-electron chi connectivity index (χ2n) is 5.69. The van der Waals surface area contributed by atoms with Gasteiger partial charge >= 0.3 is 0 Å². The van der Waals surface area contributed by atoms with E-state index in [4.69, 9.17) is 16.3 Å². The SMILES string of the molecule is C=CCNC(=NCc1nnc(C)n1C)NCCc1ccc(OC)cc1Cl. The van der Waals surface area contributed by atoms with Gasteiger partial charge < -0.3 is 19.9 Å². The van der Waals surface area contributed by atoms with E-state index < -0.39 is 0 Å². The van der Waals surface area contributed by atoms with E-state index in [1.165, 1.54) is 0 Å². The van der Waals surface area contributed by atoms with Crippen LogP contribution in [-0.4, -0.2) is 40.9 Å². The number of halogens is 1. The first kappa shape index (κ1) is 19.8. The van der Waals surface area contributed by atoms with Crippen molar-refractivity contribution in [2.75, 3.05) is 20.2 Å². The molecule has 26 heavy (non-hydrogen) atoms. The lowest BCUT2D eigenvalue weighted by atomic mass is 10.1. The zero-order chi connectivity index (χ0) is 18.9. The Balaban J connectivity index is 1.95. The number of benzene rings is 1. The summed E-state index contributed by atoms with van der Waals surface area (Å²) in [6.07, 6.45) is 2.55. The Labute approximate surface area is 159 Å². The summed E-state index contributed by atoms with van der Waals surface area (Å²) in [6, 6.07) is 5.69. The van der Waals surface area contributed by atoms with Crippen molar-refractivity contribution in [2.45, 2.75) is 19.9 Å². The monoisotopic (exact) mass is 376 g/mol. The quantitative estimate of drug-likeness (QED) is 0.420. The normalized spacial score (nSPS) is 11.3. The minimum absolute atomic E-state index is 0.438. The zero-order valence-electron chi connectivity index (χ0n) is 15.4. The number of hydrogen-bond donors (Lipinski definition) is 2. The number of nitrogens with one attached hydrogen (secondary N) is 2. The first-order valence-electron chi connectivity index (χ1n) is 8.35. The average Bonchev–Trinajstić information content (AvgIpc) is 2.96. The standard InChI is InChI=1S/C18H25ClN6O/c1-5-9-20-18(22-12-17-24-23-13(2)25(17)3)21-10-8-14-6-7-15(26-4)11-16(14)19/h5-7,11H,1,8-10,12H2,2-4H3,(H2,20,21,22). The van der Waals surface area contributed by atoms with Gasteiger partial charge in [0.15, 0.2) is 11.8 Å². The predicted molar refractivity (Wildman–Crippen MR) is 105 cm³/mol. The number of aromatic nitrogens is 3. The van der Waals surface area contributed by atoms with E-state index in [1.807, 2.05) is 36.7 Å². The van der Waals surface area contributed by atoms with Crippen molar-refractivity contribution >= 4 is 17.6 Å². The lowest BCUT2D eigenvalue weighted by molar-refractivity contribution is 0.414. The van der Waals surface area contributed by atoms with Crippen molar-refractivity contribution in [1.82, 2.24) is 25.4 Å². The number of ether oxygens (including phenoxy) is 1. The highest BCUT2D eigenvalue weighted by atomic mass is 35.5. The molecule has 0 atom stereocenters. The summed E-state index contributed by atoms with van der Waals surface area (Å²) in [5.74, 6) is 3.11. The molecular weight excluding hydrogens is 352 g/mol. The molecule has 0 spiro atoms. The zero-order valence-corrected chi connectivity index (χ0v) is 16.2. The molecule has 1 aromatic heterocycles. The van der Waals surface area contributed by atoms with Gasteiger partial charge in [0.2, 0.25) is 0 Å². The third-order valence-corrected chi connectivity index (χ3v) is 4.27. The molecule has 2 N–H and O–H groups in total. The summed E-state index contributed by atoms with van der Waals surface area (Å²) in [6.45, 7) is 7.38. The van der Waals surface area contributed by atoms with Gasteiger partial charge in [-0.1, -0.05) is 23.7 Å². The van der Waals surface area contributed by atoms with Crippen molar-refractivity contribution < 1.29 is 4.74 Å². The van der Waals surface area contributed by atoms with Crippen molar-refractivity contribution in [3.05, 3.63) is 53.1 Å². The molecule has 1 heterocycles. The number of nitrogens with zero attached hydrogens (tertiary/aromatic N) is 4. The Kier molecular flexibility index (Phi) is 7.47. The number of methoxy groups -OCH3 is 1. The fourth-order valence-corrected chi connectivity index (χ4v) is 2.52. The molecule has 0 unspecified atom stereocenters. The molecule has 0 radical (unpaired) electrons. The lowest BCUT2D eigenvalue weighted by Gasteiger charge is -2.12. The van der Waals surface area contributed by atoms with E-state index in [2.05, 4.69) is 32.4 Å². The number of aliphatic imine (C=N–C) groups is 1. The first-order chi connectivity index (χ1) is 12.5. The molecule has 0 aliphatic rings. The van der Waals surface area contributed by atoms with Gasteiger partial charge in [0.05, 0.1) is 7.11 Å². The van der Waals surface area contributed by atoms with Crippen LogP contribution in [0.2, 0.25) is 5.02 Å². The Morgan fingerprint density at radius 2 is 2.19 bits per heavy atom. The minimum Gasteiger partial charge on any atom is -0.497 e. The Hall–Kier alpha value is -2.54. The molecule has 2 rings (SSSR count). The molecule has 0 aliphatic carbocycles. The average molecular weight is 377 g/mol. The fourth-order valence-electron chi connectivity index (χ4n) is 2.25. The topological polar surface area (TPSA) is 76.4 Å². The van der Waals surface area contributed by atoms with E-state index in [-0.39, 0.29) is 0 Å². The highest BCUT2D eigenvalue weighted by Crippen LogP contribution is 2.22. The van der Waals surface area contributed by atoms with Crippen LogP contribution in [0, 0.1) is 6.92 Å². The van der Waals surface area contributed by atoms with Crippen LogP contribution < -0.4 is 15.4 Å². The second kappa shape index (κ2) is 9.82. The van der Waals surface area contributed by atoms with Crippen molar-refractivity contribution in [3.63, 3.8) is 0 Å². The van der Waals surface area contributed by atoms with Crippen LogP contribution in [0.1, 0.15) is 17.2 Å². The van der Waals surface area contributed by atoms with Gasteiger partial charge in [-0.15, -0.1) is 16.8 Å². The molecule has 0 saturated carbocycles. The van der Waals surface area contributed by atoms with Crippen molar-refractivity contribution in [3.8, 4) is 5.75 Å². The summed E-state index contributed by atoms with van der Waals surface area (Å²) in [4.78, 5) is 4.56. The molecule has 0 bridgehead atoms. The Morgan fingerprint density at radius 1 is 1.38 bits per heavy atom. The largest absolute Gasteiger partial charge is 0.497 e. The Bertz CT molecular complexity index is 771. The second-order valence-corrected chi connectivity index (χ2v) is 6.10. The van der Waals surface area contributed by atoms with Gasteiger partial charge in [-0.05, 0) is 31.0 Å². The fraction of sp³-hybridized carbons (Fsp3) is 0.389. The van der Waals surface area contributed by atoms with Gasteiger partial charge in [-0.2, -0.15) is 0 Å². The molecule has 140 valence electrons. The van der Waals surface area contributed by atoms with E-state index in [0.29, 0.717) is 30.6 Å². The van der Waals surface area contributed by atoms with Crippen LogP contribution in [0.25, 0.3) is 0 Å². The number of guanidine groups is 1. The van der Waals surface area contributed by atoms with E-state index in [1.54, 1.807) is 13.2 Å². The minimum atomic E-state index is 0.438.